The van der Waals surface area contributed by atoms with Crippen molar-refractivity contribution in [2.75, 3.05) is 0 Å². The molecule has 140 valence electrons. The molecule has 1 fully saturated rings. The maximum atomic E-state index is 11.9. The normalized spacial score (nSPS) is 19.9. The lowest BCUT2D eigenvalue weighted by Crippen LogP contribution is -2.36. The Labute approximate surface area is 162 Å². The van der Waals surface area contributed by atoms with Crippen molar-refractivity contribution in [3.05, 3.63) is 69.9 Å². The van der Waals surface area contributed by atoms with Crippen molar-refractivity contribution < 1.29 is 4.74 Å². The van der Waals surface area contributed by atoms with Crippen LogP contribution in [0.1, 0.15) is 31.2 Å². The van der Waals surface area contributed by atoms with Gasteiger partial charge in [0.25, 0.3) is 5.56 Å². The lowest BCUT2D eigenvalue weighted by molar-refractivity contribution is 0.139. The summed E-state index contributed by atoms with van der Waals surface area (Å²) >= 11 is 6.35. The average Bonchev–Trinajstić information content (AvgIpc) is 2.70. The molecule has 0 radical (unpaired) electrons. The molecule has 3 aromatic rings. The fourth-order valence-electron chi connectivity index (χ4n) is 3.61. The Morgan fingerprint density at radius 1 is 1.15 bits per heavy atom. The molecule has 2 heterocycles. The quantitative estimate of drug-likeness (QED) is 0.697. The number of ether oxygens (including phenoxy) is 1. The monoisotopic (exact) mass is 383 g/mol. The Bertz CT molecular complexity index is 966. The largest absolute Gasteiger partial charge is 0.489 e. The fraction of sp³-hybridized carbons (Fsp3) is 0.333. The molecule has 1 aliphatic carbocycles. The van der Waals surface area contributed by atoms with E-state index in [1.807, 2.05) is 36.7 Å². The lowest BCUT2D eigenvalue weighted by Gasteiger charge is -2.30. The second-order valence-corrected chi connectivity index (χ2v) is 7.41. The fourth-order valence-corrected chi connectivity index (χ4v) is 3.81. The third kappa shape index (κ3) is 4.31. The molecule has 1 saturated carbocycles. The first-order chi connectivity index (χ1) is 13.2. The summed E-state index contributed by atoms with van der Waals surface area (Å²) in [5.41, 5.74) is 1.11. The summed E-state index contributed by atoms with van der Waals surface area (Å²) in [4.78, 5) is 18.6. The van der Waals surface area contributed by atoms with Crippen molar-refractivity contribution >= 4 is 22.4 Å². The topological polar surface area (TPSA) is 67.0 Å². The number of nitrogens with one attached hydrogen (secondary N) is 2. The molecule has 1 aliphatic rings. The summed E-state index contributed by atoms with van der Waals surface area (Å²) in [5.74, 6) is 0.656. The van der Waals surface area contributed by atoms with Crippen molar-refractivity contribution in [1.29, 1.82) is 0 Å². The Morgan fingerprint density at radius 2 is 1.93 bits per heavy atom. The summed E-state index contributed by atoms with van der Waals surface area (Å²) in [7, 11) is 0. The van der Waals surface area contributed by atoms with E-state index in [2.05, 4.69) is 15.3 Å². The molecule has 0 aliphatic heterocycles. The molecule has 2 aromatic heterocycles. The van der Waals surface area contributed by atoms with Crippen molar-refractivity contribution in [3.63, 3.8) is 0 Å². The predicted molar refractivity (Wildman–Crippen MR) is 107 cm³/mol. The van der Waals surface area contributed by atoms with Gasteiger partial charge < -0.3 is 15.0 Å². The van der Waals surface area contributed by atoms with Gasteiger partial charge in [-0.25, -0.2) is 0 Å². The minimum atomic E-state index is -0.137. The van der Waals surface area contributed by atoms with E-state index in [4.69, 9.17) is 16.3 Å². The smallest absolute Gasteiger partial charge is 0.255 e. The maximum absolute atomic E-state index is 11.9. The molecule has 5 nitrogen and oxygen atoms in total. The zero-order valence-corrected chi connectivity index (χ0v) is 15.7. The van der Waals surface area contributed by atoms with Gasteiger partial charge in [0, 0.05) is 36.6 Å². The number of nitrogens with zero attached hydrogens (tertiary/aromatic N) is 1. The van der Waals surface area contributed by atoms with Crippen LogP contribution in [0.25, 0.3) is 10.8 Å². The van der Waals surface area contributed by atoms with Crippen molar-refractivity contribution in [2.45, 2.75) is 44.4 Å². The highest BCUT2D eigenvalue weighted by Gasteiger charge is 2.23. The van der Waals surface area contributed by atoms with Crippen LogP contribution in [0.4, 0.5) is 0 Å². The molecule has 4 rings (SSSR count). The SMILES string of the molecule is O=c1[nH]ccc2cc(OC3CCC(NCc4ccncc4)CC3)c(Cl)cc12. The van der Waals surface area contributed by atoms with E-state index in [-0.39, 0.29) is 11.7 Å². The number of hydrogen-bond acceptors (Lipinski definition) is 4. The molecule has 6 heteroatoms. The highest BCUT2D eigenvalue weighted by Crippen LogP contribution is 2.32. The Hall–Kier alpha value is -2.37. The molecule has 0 amide bonds. The van der Waals surface area contributed by atoms with E-state index in [9.17, 15) is 4.79 Å². The standard InChI is InChI=1S/C21H22ClN3O2/c22-19-12-18-15(7-10-24-21(18)26)11-20(19)27-17-3-1-16(2-4-17)25-13-14-5-8-23-9-6-14/h5-12,16-17,25H,1-4,13H2,(H,24,26). The summed E-state index contributed by atoms with van der Waals surface area (Å²) in [6.45, 7) is 0.865. The molecule has 0 atom stereocenters. The molecule has 0 unspecified atom stereocenters. The Kier molecular flexibility index (Phi) is 5.41. The van der Waals surface area contributed by atoms with E-state index < -0.39 is 0 Å². The van der Waals surface area contributed by atoms with Crippen molar-refractivity contribution in [3.8, 4) is 5.75 Å². The number of fused-ring (bicyclic) bond motifs is 1. The van der Waals surface area contributed by atoms with Crippen molar-refractivity contribution in [2.24, 2.45) is 0 Å². The van der Waals surface area contributed by atoms with Gasteiger partial charge in [0.1, 0.15) is 5.75 Å². The molecule has 0 bridgehead atoms. The van der Waals surface area contributed by atoms with Crippen LogP contribution in [0.5, 0.6) is 5.75 Å². The molecular formula is C21H22ClN3O2. The number of pyridine rings is 2. The van der Waals surface area contributed by atoms with E-state index in [0.29, 0.717) is 22.2 Å². The van der Waals surface area contributed by atoms with Crippen LogP contribution in [-0.4, -0.2) is 22.1 Å². The Morgan fingerprint density at radius 3 is 2.70 bits per heavy atom. The number of aromatic nitrogens is 2. The summed E-state index contributed by atoms with van der Waals surface area (Å²) < 4.78 is 6.16. The van der Waals surface area contributed by atoms with E-state index in [1.165, 1.54) is 5.56 Å². The van der Waals surface area contributed by atoms with Gasteiger partial charge in [0.15, 0.2) is 0 Å². The zero-order chi connectivity index (χ0) is 18.6. The summed E-state index contributed by atoms with van der Waals surface area (Å²) in [6, 6.07) is 9.99. The molecule has 1 aromatic carbocycles. The molecule has 2 N–H and O–H groups in total. The van der Waals surface area contributed by atoms with Gasteiger partial charge in [0.05, 0.1) is 11.1 Å². The van der Waals surface area contributed by atoms with E-state index >= 15 is 0 Å². The van der Waals surface area contributed by atoms with Crippen LogP contribution in [0, 0.1) is 0 Å². The minimum absolute atomic E-state index is 0.137. The van der Waals surface area contributed by atoms with Crippen LogP contribution >= 0.6 is 11.6 Å². The molecule has 0 saturated heterocycles. The van der Waals surface area contributed by atoms with Crippen LogP contribution in [0.3, 0.4) is 0 Å². The lowest BCUT2D eigenvalue weighted by atomic mass is 9.92. The van der Waals surface area contributed by atoms with Gasteiger partial charge in [0.2, 0.25) is 0 Å². The van der Waals surface area contributed by atoms with Gasteiger partial charge in [-0.2, -0.15) is 0 Å². The number of hydrogen-bond donors (Lipinski definition) is 2. The predicted octanol–water partition coefficient (Wildman–Crippen LogP) is 4.06. The van der Waals surface area contributed by atoms with Gasteiger partial charge >= 0.3 is 0 Å². The van der Waals surface area contributed by atoms with Crippen LogP contribution in [0.15, 0.2) is 53.7 Å². The average molecular weight is 384 g/mol. The Balaban J connectivity index is 1.34. The minimum Gasteiger partial charge on any atom is -0.489 e. The van der Waals surface area contributed by atoms with Crippen LogP contribution in [0.2, 0.25) is 5.02 Å². The third-order valence-corrected chi connectivity index (χ3v) is 5.43. The second-order valence-electron chi connectivity index (χ2n) is 7.00. The first kappa shape index (κ1) is 18.0. The number of rotatable bonds is 5. The summed E-state index contributed by atoms with van der Waals surface area (Å²) in [5, 5.41) is 5.52. The first-order valence-corrected chi connectivity index (χ1v) is 9.67. The second kappa shape index (κ2) is 8.11. The molecule has 27 heavy (non-hydrogen) atoms. The first-order valence-electron chi connectivity index (χ1n) is 9.29. The maximum Gasteiger partial charge on any atom is 0.255 e. The van der Waals surface area contributed by atoms with Crippen LogP contribution < -0.4 is 15.6 Å². The number of benzene rings is 1. The van der Waals surface area contributed by atoms with E-state index in [0.717, 1.165) is 37.6 Å². The summed E-state index contributed by atoms with van der Waals surface area (Å²) in [6.07, 6.45) is 9.55. The van der Waals surface area contributed by atoms with Crippen molar-refractivity contribution in [1.82, 2.24) is 15.3 Å². The molecular weight excluding hydrogens is 362 g/mol. The molecule has 0 spiro atoms. The van der Waals surface area contributed by atoms with Gasteiger partial charge in [-0.1, -0.05) is 11.6 Å². The highest BCUT2D eigenvalue weighted by atomic mass is 35.5. The number of halogens is 1. The van der Waals surface area contributed by atoms with Gasteiger partial charge in [-0.3, -0.25) is 9.78 Å². The van der Waals surface area contributed by atoms with Crippen LogP contribution in [-0.2, 0) is 6.54 Å². The number of H-pyrrole nitrogens is 1. The van der Waals surface area contributed by atoms with E-state index in [1.54, 1.807) is 12.3 Å². The third-order valence-electron chi connectivity index (χ3n) is 5.14. The zero-order valence-electron chi connectivity index (χ0n) is 15.0. The van der Waals surface area contributed by atoms with Gasteiger partial charge in [-0.15, -0.1) is 0 Å². The highest BCUT2D eigenvalue weighted by molar-refractivity contribution is 6.32. The van der Waals surface area contributed by atoms with Gasteiger partial charge in [-0.05, 0) is 67.0 Å². The number of aromatic amines is 1.